The van der Waals surface area contributed by atoms with Crippen LogP contribution < -0.4 is 10.6 Å². The Morgan fingerprint density at radius 1 is 0.880 bits per heavy atom. The highest BCUT2D eigenvalue weighted by atomic mass is 16.5. The van der Waals surface area contributed by atoms with Crippen molar-refractivity contribution < 1.29 is 19.1 Å². The Morgan fingerprint density at radius 3 is 1.88 bits per heavy atom. The second-order valence-corrected chi connectivity index (χ2v) is 5.62. The molecule has 2 rings (SSSR count). The van der Waals surface area contributed by atoms with E-state index in [-0.39, 0.29) is 17.4 Å². The molecule has 2 amide bonds. The first-order chi connectivity index (χ1) is 11.8. The molecule has 0 aliphatic rings. The average molecular weight is 340 g/mol. The van der Waals surface area contributed by atoms with E-state index in [0.717, 1.165) is 5.56 Å². The van der Waals surface area contributed by atoms with Gasteiger partial charge in [-0.2, -0.15) is 0 Å². The second-order valence-electron chi connectivity index (χ2n) is 5.62. The average Bonchev–Trinajstić information content (AvgIpc) is 2.54. The minimum absolute atomic E-state index is 0.234. The lowest BCUT2D eigenvalue weighted by Crippen LogP contribution is -2.13. The molecule has 0 radical (unpaired) electrons. The number of benzene rings is 2. The predicted octanol–water partition coefficient (Wildman–Crippen LogP) is 3.52. The number of anilines is 2. The summed E-state index contributed by atoms with van der Waals surface area (Å²) in [6.45, 7) is 4.50. The molecular weight excluding hydrogens is 320 g/mol. The van der Waals surface area contributed by atoms with Crippen LogP contribution in [0.5, 0.6) is 0 Å². The molecule has 0 spiro atoms. The molecule has 0 bridgehead atoms. The van der Waals surface area contributed by atoms with Crippen LogP contribution in [0.2, 0.25) is 0 Å². The number of nitrogens with one attached hydrogen (secondary N) is 2. The molecule has 2 aromatic carbocycles. The van der Waals surface area contributed by atoms with Gasteiger partial charge in [-0.1, -0.05) is 30.3 Å². The van der Waals surface area contributed by atoms with Crippen molar-refractivity contribution in [3.8, 4) is 0 Å². The van der Waals surface area contributed by atoms with Crippen LogP contribution in [0.1, 0.15) is 42.8 Å². The highest BCUT2D eigenvalue weighted by molar-refractivity contribution is 5.97. The topological polar surface area (TPSA) is 84.5 Å². The predicted molar refractivity (Wildman–Crippen MR) is 95.3 cm³/mol. The number of hydrogen-bond donors (Lipinski definition) is 2. The highest BCUT2D eigenvalue weighted by Gasteiger charge is 2.16. The molecule has 0 heterocycles. The van der Waals surface area contributed by atoms with E-state index in [1.54, 1.807) is 13.0 Å². The molecule has 130 valence electrons. The molecule has 0 aliphatic heterocycles. The van der Waals surface area contributed by atoms with E-state index in [0.29, 0.717) is 11.4 Å². The van der Waals surface area contributed by atoms with Gasteiger partial charge in [0.25, 0.3) is 0 Å². The highest BCUT2D eigenvalue weighted by Crippen LogP contribution is 2.23. The minimum atomic E-state index is -0.546. The lowest BCUT2D eigenvalue weighted by atomic mass is 10.1. The lowest BCUT2D eigenvalue weighted by Gasteiger charge is -2.15. The number of hydrogen-bond acceptors (Lipinski definition) is 4. The van der Waals surface area contributed by atoms with Crippen molar-refractivity contribution in [1.29, 1.82) is 0 Å². The van der Waals surface area contributed by atoms with Gasteiger partial charge in [-0.3, -0.25) is 9.59 Å². The first-order valence-electron chi connectivity index (χ1n) is 7.81. The summed E-state index contributed by atoms with van der Waals surface area (Å²) in [6, 6.07) is 13.9. The molecule has 0 aromatic heterocycles. The summed E-state index contributed by atoms with van der Waals surface area (Å²) in [5.41, 5.74) is 1.91. The first kappa shape index (κ1) is 18.2. The number of esters is 1. The molecule has 0 aliphatic carbocycles. The number of carbonyl (C=O) groups is 3. The third-order valence-corrected chi connectivity index (χ3v) is 3.36. The monoisotopic (exact) mass is 340 g/mol. The molecule has 0 saturated heterocycles. The minimum Gasteiger partial charge on any atom is -0.454 e. The summed E-state index contributed by atoms with van der Waals surface area (Å²) in [7, 11) is 0. The smallest absolute Gasteiger partial charge is 0.338 e. The van der Waals surface area contributed by atoms with Gasteiger partial charge in [0.05, 0.1) is 5.56 Å². The van der Waals surface area contributed by atoms with Gasteiger partial charge in [-0.15, -0.1) is 0 Å². The molecule has 2 N–H and O–H groups in total. The molecule has 1 unspecified atom stereocenters. The van der Waals surface area contributed by atoms with Crippen LogP contribution in [0.25, 0.3) is 0 Å². The Morgan fingerprint density at radius 2 is 1.40 bits per heavy atom. The van der Waals surface area contributed by atoms with Crippen molar-refractivity contribution in [2.75, 3.05) is 10.6 Å². The summed E-state index contributed by atoms with van der Waals surface area (Å²) in [5, 5.41) is 5.20. The molecule has 25 heavy (non-hydrogen) atoms. The van der Waals surface area contributed by atoms with Gasteiger partial charge in [-0.25, -0.2) is 4.79 Å². The van der Waals surface area contributed by atoms with Crippen LogP contribution in [0, 0.1) is 0 Å². The molecular formula is C19H20N2O4. The Balaban J connectivity index is 2.24. The molecule has 2 aromatic rings. The van der Waals surface area contributed by atoms with E-state index >= 15 is 0 Å². The third-order valence-electron chi connectivity index (χ3n) is 3.36. The van der Waals surface area contributed by atoms with Gasteiger partial charge in [0.1, 0.15) is 6.10 Å². The van der Waals surface area contributed by atoms with Crippen molar-refractivity contribution in [3.05, 3.63) is 59.7 Å². The molecule has 0 fully saturated rings. The first-order valence-corrected chi connectivity index (χ1v) is 7.81. The summed E-state index contributed by atoms with van der Waals surface area (Å²) < 4.78 is 5.48. The largest absolute Gasteiger partial charge is 0.454 e. The Kier molecular flexibility index (Phi) is 5.89. The maximum absolute atomic E-state index is 12.5. The normalized spacial score (nSPS) is 11.3. The van der Waals surface area contributed by atoms with Crippen molar-refractivity contribution in [2.24, 2.45) is 0 Å². The zero-order valence-corrected chi connectivity index (χ0v) is 14.3. The van der Waals surface area contributed by atoms with Crippen LogP contribution in [0.15, 0.2) is 48.5 Å². The molecule has 6 heteroatoms. The van der Waals surface area contributed by atoms with Gasteiger partial charge >= 0.3 is 5.97 Å². The van der Waals surface area contributed by atoms with Crippen molar-refractivity contribution in [3.63, 3.8) is 0 Å². The van der Waals surface area contributed by atoms with Crippen LogP contribution in [0.4, 0.5) is 11.4 Å². The van der Waals surface area contributed by atoms with Crippen LogP contribution >= 0.6 is 0 Å². The van der Waals surface area contributed by atoms with Crippen molar-refractivity contribution >= 4 is 29.2 Å². The zero-order chi connectivity index (χ0) is 18.4. The van der Waals surface area contributed by atoms with Gasteiger partial charge < -0.3 is 15.4 Å². The van der Waals surface area contributed by atoms with E-state index < -0.39 is 12.1 Å². The SMILES string of the molecule is CC(=O)Nc1cc(NC(C)=O)cc(C(=O)OC(C)c2ccccc2)c1. The van der Waals surface area contributed by atoms with Gasteiger partial charge in [0.2, 0.25) is 11.8 Å². The zero-order valence-electron chi connectivity index (χ0n) is 14.3. The number of ether oxygens (including phenoxy) is 1. The lowest BCUT2D eigenvalue weighted by molar-refractivity contribution is -0.115. The van der Waals surface area contributed by atoms with E-state index in [2.05, 4.69) is 10.6 Å². The quantitative estimate of drug-likeness (QED) is 0.816. The Labute approximate surface area is 146 Å². The molecule has 1 atom stereocenters. The fraction of sp³-hybridized carbons (Fsp3) is 0.211. The Hall–Kier alpha value is -3.15. The van der Waals surface area contributed by atoms with Crippen LogP contribution in [0.3, 0.4) is 0 Å². The van der Waals surface area contributed by atoms with Gasteiger partial charge in [0, 0.05) is 25.2 Å². The summed E-state index contributed by atoms with van der Waals surface area (Å²) in [5.74, 6) is -1.11. The van der Waals surface area contributed by atoms with E-state index in [4.69, 9.17) is 4.74 Å². The summed E-state index contributed by atoms with van der Waals surface area (Å²) in [6.07, 6.45) is -0.428. The van der Waals surface area contributed by atoms with E-state index in [1.807, 2.05) is 30.3 Å². The number of amides is 2. The molecule has 6 nitrogen and oxygen atoms in total. The standard InChI is InChI=1S/C19H20N2O4/c1-12(15-7-5-4-6-8-15)25-19(24)16-9-17(20-13(2)22)11-18(10-16)21-14(3)23/h4-12H,1-3H3,(H,20,22)(H,21,23). The maximum atomic E-state index is 12.5. The van der Waals surface area contributed by atoms with E-state index in [9.17, 15) is 14.4 Å². The fourth-order valence-electron chi connectivity index (χ4n) is 2.32. The maximum Gasteiger partial charge on any atom is 0.338 e. The van der Waals surface area contributed by atoms with Crippen molar-refractivity contribution in [1.82, 2.24) is 0 Å². The number of rotatable bonds is 5. The number of carbonyl (C=O) groups excluding carboxylic acids is 3. The van der Waals surface area contributed by atoms with Crippen molar-refractivity contribution in [2.45, 2.75) is 26.9 Å². The molecule has 0 saturated carbocycles. The summed E-state index contributed by atoms with van der Waals surface area (Å²) >= 11 is 0. The van der Waals surface area contributed by atoms with Gasteiger partial charge in [0.15, 0.2) is 0 Å². The Bertz CT molecular complexity index is 753. The summed E-state index contributed by atoms with van der Waals surface area (Å²) in [4.78, 5) is 35.0. The van der Waals surface area contributed by atoms with E-state index in [1.165, 1.54) is 26.0 Å². The third kappa shape index (κ3) is 5.46. The van der Waals surface area contributed by atoms with Crippen LogP contribution in [-0.2, 0) is 14.3 Å². The fourth-order valence-corrected chi connectivity index (χ4v) is 2.32. The van der Waals surface area contributed by atoms with Gasteiger partial charge in [-0.05, 0) is 30.7 Å². The van der Waals surface area contributed by atoms with Crippen LogP contribution in [-0.4, -0.2) is 17.8 Å². The second kappa shape index (κ2) is 8.10.